The average molecular weight is 337 g/mol. The van der Waals surface area contributed by atoms with Crippen LogP contribution < -0.4 is 10.6 Å². The third-order valence-electron chi connectivity index (χ3n) is 3.65. The molecule has 2 aromatic rings. The van der Waals surface area contributed by atoms with Gasteiger partial charge in [-0.2, -0.15) is 0 Å². The number of rotatable bonds is 5. The third kappa shape index (κ3) is 4.76. The van der Waals surface area contributed by atoms with Gasteiger partial charge in [-0.15, -0.1) is 6.58 Å². The van der Waals surface area contributed by atoms with Crippen molar-refractivity contribution in [2.45, 2.75) is 26.2 Å². The topological polar surface area (TPSA) is 71.1 Å². The quantitative estimate of drug-likeness (QED) is 0.820. The molecule has 0 spiro atoms. The van der Waals surface area contributed by atoms with Crippen molar-refractivity contribution in [2.24, 2.45) is 0 Å². The lowest BCUT2D eigenvalue weighted by molar-refractivity contribution is 0.0957. The van der Waals surface area contributed by atoms with E-state index in [4.69, 9.17) is 0 Å². The molecule has 0 aliphatic heterocycles. The summed E-state index contributed by atoms with van der Waals surface area (Å²) in [4.78, 5) is 28.6. The highest BCUT2D eigenvalue weighted by Gasteiger charge is 2.19. The van der Waals surface area contributed by atoms with Gasteiger partial charge < -0.3 is 10.6 Å². The van der Waals surface area contributed by atoms with Crippen LogP contribution in [0, 0.1) is 0 Å². The number of aromatic nitrogens is 1. The predicted molar refractivity (Wildman–Crippen MR) is 99.9 cm³/mol. The number of para-hydroxylation sites is 1. The first kappa shape index (κ1) is 18.4. The molecule has 1 heterocycles. The molecular weight excluding hydrogens is 314 g/mol. The number of pyridine rings is 1. The molecule has 0 aliphatic rings. The van der Waals surface area contributed by atoms with E-state index in [2.05, 4.69) is 43.0 Å². The number of nitrogens with one attached hydrogen (secondary N) is 2. The van der Waals surface area contributed by atoms with Crippen LogP contribution in [0.3, 0.4) is 0 Å². The molecule has 5 nitrogen and oxygen atoms in total. The van der Waals surface area contributed by atoms with E-state index in [1.165, 1.54) is 18.5 Å². The Morgan fingerprint density at radius 2 is 1.76 bits per heavy atom. The summed E-state index contributed by atoms with van der Waals surface area (Å²) >= 11 is 0. The van der Waals surface area contributed by atoms with Crippen LogP contribution in [-0.2, 0) is 5.41 Å². The van der Waals surface area contributed by atoms with Gasteiger partial charge in [0, 0.05) is 24.6 Å². The standard InChI is InChI=1S/C20H23N3O2/c1-5-10-22-18(24)14-11-15(13-21-12-14)19(25)23-17-9-7-6-8-16(17)20(2,3)4/h5-9,11-13H,1,10H2,2-4H3,(H,22,24)(H,23,25). The summed E-state index contributed by atoms with van der Waals surface area (Å²) in [6, 6.07) is 9.21. The first-order chi connectivity index (χ1) is 11.8. The highest BCUT2D eigenvalue weighted by molar-refractivity contribution is 6.06. The van der Waals surface area contributed by atoms with E-state index in [1.54, 1.807) is 6.08 Å². The number of hydrogen-bond acceptors (Lipinski definition) is 3. The highest BCUT2D eigenvalue weighted by atomic mass is 16.2. The molecular formula is C20H23N3O2. The molecule has 0 aliphatic carbocycles. The molecule has 0 atom stereocenters. The smallest absolute Gasteiger partial charge is 0.257 e. The Balaban J connectivity index is 2.23. The summed E-state index contributed by atoms with van der Waals surface area (Å²) in [7, 11) is 0. The second-order valence-electron chi connectivity index (χ2n) is 6.71. The van der Waals surface area contributed by atoms with Gasteiger partial charge in [-0.1, -0.05) is 45.0 Å². The first-order valence-corrected chi connectivity index (χ1v) is 8.08. The Morgan fingerprint density at radius 3 is 2.40 bits per heavy atom. The molecule has 2 amide bonds. The molecule has 5 heteroatoms. The molecule has 130 valence electrons. The minimum absolute atomic E-state index is 0.103. The maximum absolute atomic E-state index is 12.6. The second kappa shape index (κ2) is 7.75. The third-order valence-corrected chi connectivity index (χ3v) is 3.65. The van der Waals surface area contributed by atoms with Gasteiger partial charge in [0.1, 0.15) is 0 Å². The number of carbonyl (C=O) groups excluding carboxylic acids is 2. The lowest BCUT2D eigenvalue weighted by atomic mass is 9.86. The van der Waals surface area contributed by atoms with E-state index in [-0.39, 0.29) is 17.2 Å². The molecule has 1 aromatic heterocycles. The van der Waals surface area contributed by atoms with Gasteiger partial charge in [-0.25, -0.2) is 0 Å². The molecule has 2 N–H and O–H groups in total. The maximum atomic E-state index is 12.6. The molecule has 0 radical (unpaired) electrons. The minimum Gasteiger partial charge on any atom is -0.349 e. The van der Waals surface area contributed by atoms with Gasteiger partial charge in [0.2, 0.25) is 0 Å². The van der Waals surface area contributed by atoms with Gasteiger partial charge >= 0.3 is 0 Å². The van der Waals surface area contributed by atoms with Crippen molar-refractivity contribution < 1.29 is 9.59 Å². The van der Waals surface area contributed by atoms with E-state index in [9.17, 15) is 9.59 Å². The van der Waals surface area contributed by atoms with Gasteiger partial charge in [0.25, 0.3) is 11.8 Å². The van der Waals surface area contributed by atoms with Crippen molar-refractivity contribution >= 4 is 17.5 Å². The fourth-order valence-corrected chi connectivity index (χ4v) is 2.40. The molecule has 0 saturated carbocycles. The van der Waals surface area contributed by atoms with Crippen molar-refractivity contribution in [1.29, 1.82) is 0 Å². The Kier molecular flexibility index (Phi) is 5.70. The number of anilines is 1. The van der Waals surface area contributed by atoms with Crippen molar-refractivity contribution in [1.82, 2.24) is 10.3 Å². The summed E-state index contributed by atoms with van der Waals surface area (Å²) in [5.74, 6) is -0.597. The molecule has 2 rings (SSSR count). The van der Waals surface area contributed by atoms with Crippen LogP contribution in [0.2, 0.25) is 0 Å². The van der Waals surface area contributed by atoms with Crippen molar-refractivity contribution in [3.8, 4) is 0 Å². The van der Waals surface area contributed by atoms with E-state index in [0.29, 0.717) is 17.7 Å². The van der Waals surface area contributed by atoms with Crippen molar-refractivity contribution in [3.63, 3.8) is 0 Å². The van der Waals surface area contributed by atoms with Gasteiger partial charge in [0.15, 0.2) is 0 Å². The summed E-state index contributed by atoms with van der Waals surface area (Å²) in [5, 5.41) is 5.58. The fourth-order valence-electron chi connectivity index (χ4n) is 2.40. The van der Waals surface area contributed by atoms with Crippen LogP contribution in [-0.4, -0.2) is 23.3 Å². The lowest BCUT2D eigenvalue weighted by Crippen LogP contribution is -2.24. The summed E-state index contributed by atoms with van der Waals surface area (Å²) in [6.45, 7) is 10.2. The fraction of sp³-hybridized carbons (Fsp3) is 0.250. The second-order valence-corrected chi connectivity index (χ2v) is 6.71. The van der Waals surface area contributed by atoms with Gasteiger partial charge in [-0.3, -0.25) is 14.6 Å². The Hall–Kier alpha value is -2.95. The zero-order valence-electron chi connectivity index (χ0n) is 14.8. The van der Waals surface area contributed by atoms with Crippen molar-refractivity contribution in [2.75, 3.05) is 11.9 Å². The van der Waals surface area contributed by atoms with E-state index in [0.717, 1.165) is 11.3 Å². The molecule has 1 aromatic carbocycles. The van der Waals surface area contributed by atoms with Crippen molar-refractivity contribution in [3.05, 3.63) is 72.1 Å². The minimum atomic E-state index is -0.303. The first-order valence-electron chi connectivity index (χ1n) is 8.08. The monoisotopic (exact) mass is 337 g/mol. The number of benzene rings is 1. The Bertz CT molecular complexity index is 792. The van der Waals surface area contributed by atoms with Crippen LogP contribution in [0.15, 0.2) is 55.4 Å². The molecule has 0 saturated heterocycles. The van der Waals surface area contributed by atoms with Gasteiger partial charge in [0.05, 0.1) is 11.1 Å². The largest absolute Gasteiger partial charge is 0.349 e. The summed E-state index contributed by atoms with van der Waals surface area (Å²) in [6.07, 6.45) is 4.46. The summed E-state index contributed by atoms with van der Waals surface area (Å²) < 4.78 is 0. The lowest BCUT2D eigenvalue weighted by Gasteiger charge is -2.23. The number of nitrogens with zero attached hydrogens (tertiary/aromatic N) is 1. The SMILES string of the molecule is C=CCNC(=O)c1cncc(C(=O)Nc2ccccc2C(C)(C)C)c1. The van der Waals surface area contributed by atoms with Crippen LogP contribution >= 0.6 is 0 Å². The molecule has 0 fully saturated rings. The Morgan fingerprint density at radius 1 is 1.12 bits per heavy atom. The Labute approximate surface area is 148 Å². The maximum Gasteiger partial charge on any atom is 0.257 e. The molecule has 0 bridgehead atoms. The zero-order chi connectivity index (χ0) is 18.4. The van der Waals surface area contributed by atoms with Crippen LogP contribution in [0.1, 0.15) is 47.1 Å². The normalized spacial score (nSPS) is 10.8. The van der Waals surface area contributed by atoms with Crippen LogP contribution in [0.4, 0.5) is 5.69 Å². The number of carbonyl (C=O) groups is 2. The zero-order valence-corrected chi connectivity index (χ0v) is 14.8. The van der Waals surface area contributed by atoms with Crippen LogP contribution in [0.5, 0.6) is 0 Å². The average Bonchev–Trinajstić information content (AvgIpc) is 2.59. The number of hydrogen-bond donors (Lipinski definition) is 2. The molecule has 25 heavy (non-hydrogen) atoms. The van der Waals surface area contributed by atoms with E-state index < -0.39 is 0 Å². The van der Waals surface area contributed by atoms with E-state index in [1.807, 2.05) is 24.3 Å². The van der Waals surface area contributed by atoms with Crippen LogP contribution in [0.25, 0.3) is 0 Å². The molecule has 0 unspecified atom stereocenters. The highest BCUT2D eigenvalue weighted by Crippen LogP contribution is 2.29. The van der Waals surface area contributed by atoms with Gasteiger partial charge in [-0.05, 0) is 23.1 Å². The number of amides is 2. The predicted octanol–water partition coefficient (Wildman–Crippen LogP) is 3.55. The van der Waals surface area contributed by atoms with E-state index >= 15 is 0 Å². The summed E-state index contributed by atoms with van der Waals surface area (Å²) in [5.41, 5.74) is 2.35.